The van der Waals surface area contributed by atoms with Gasteiger partial charge in [-0.3, -0.25) is 10.1 Å². The van der Waals surface area contributed by atoms with Crippen LogP contribution in [0.1, 0.15) is 22.8 Å². The van der Waals surface area contributed by atoms with Crippen molar-refractivity contribution >= 4 is 17.7 Å². The summed E-state index contributed by atoms with van der Waals surface area (Å²) in [6.45, 7) is 0. The molecular weight excluding hydrogens is 292 g/mol. The van der Waals surface area contributed by atoms with Crippen LogP contribution in [-0.4, -0.2) is 18.0 Å². The minimum Gasteiger partial charge on any atom is -0.431 e. The molecule has 5 nitrogen and oxygen atoms in total. The standard InChI is InChI=1S/C18H16N2O3/c21-17(19-13-9-11-5-1-2-6-12(11)10-13)16-14-7-3-4-8-15(14)20-18(22)23-16/h1-8,13,16H,9-10H2,(H,19,21)(H,20,22). The van der Waals surface area contributed by atoms with Crippen molar-refractivity contribution < 1.29 is 14.3 Å². The number of hydrogen-bond donors (Lipinski definition) is 2. The zero-order valence-corrected chi connectivity index (χ0v) is 12.4. The molecule has 1 unspecified atom stereocenters. The number of ether oxygens (including phenoxy) is 1. The number of fused-ring (bicyclic) bond motifs is 2. The van der Waals surface area contributed by atoms with E-state index in [9.17, 15) is 9.59 Å². The van der Waals surface area contributed by atoms with Gasteiger partial charge in [-0.05, 0) is 30.0 Å². The molecule has 2 aromatic rings. The summed E-state index contributed by atoms with van der Waals surface area (Å²) in [6.07, 6.45) is 0.118. The summed E-state index contributed by atoms with van der Waals surface area (Å²) in [6, 6.07) is 15.4. The Bertz CT molecular complexity index is 762. The van der Waals surface area contributed by atoms with E-state index < -0.39 is 12.2 Å². The minimum absolute atomic E-state index is 0.0423. The molecule has 0 bridgehead atoms. The summed E-state index contributed by atoms with van der Waals surface area (Å²) < 4.78 is 5.20. The van der Waals surface area contributed by atoms with Gasteiger partial charge in [0.1, 0.15) is 0 Å². The maximum atomic E-state index is 12.6. The number of rotatable bonds is 2. The van der Waals surface area contributed by atoms with Crippen LogP contribution in [0.25, 0.3) is 0 Å². The summed E-state index contributed by atoms with van der Waals surface area (Å²) >= 11 is 0. The van der Waals surface area contributed by atoms with Gasteiger partial charge in [0, 0.05) is 11.6 Å². The molecule has 5 heteroatoms. The van der Waals surface area contributed by atoms with Crippen molar-refractivity contribution in [1.82, 2.24) is 5.32 Å². The van der Waals surface area contributed by atoms with E-state index in [1.54, 1.807) is 12.1 Å². The fourth-order valence-corrected chi connectivity index (χ4v) is 3.28. The van der Waals surface area contributed by atoms with Crippen LogP contribution in [0.15, 0.2) is 48.5 Å². The lowest BCUT2D eigenvalue weighted by molar-refractivity contribution is -0.130. The van der Waals surface area contributed by atoms with Crippen LogP contribution in [-0.2, 0) is 22.4 Å². The van der Waals surface area contributed by atoms with Crippen LogP contribution in [0.5, 0.6) is 0 Å². The first-order valence-electron chi connectivity index (χ1n) is 7.64. The smallest absolute Gasteiger partial charge is 0.412 e. The lowest BCUT2D eigenvalue weighted by atomic mass is 10.0. The maximum Gasteiger partial charge on any atom is 0.412 e. The van der Waals surface area contributed by atoms with Gasteiger partial charge in [-0.1, -0.05) is 42.5 Å². The maximum absolute atomic E-state index is 12.6. The second-order valence-corrected chi connectivity index (χ2v) is 5.88. The van der Waals surface area contributed by atoms with Crippen LogP contribution in [0.3, 0.4) is 0 Å². The van der Waals surface area contributed by atoms with Gasteiger partial charge < -0.3 is 10.1 Å². The van der Waals surface area contributed by atoms with E-state index in [4.69, 9.17) is 4.74 Å². The lowest BCUT2D eigenvalue weighted by Crippen LogP contribution is -2.41. The first-order chi connectivity index (χ1) is 11.2. The van der Waals surface area contributed by atoms with Gasteiger partial charge in [0.15, 0.2) is 0 Å². The minimum atomic E-state index is -0.899. The third kappa shape index (κ3) is 2.54. The molecule has 0 spiro atoms. The molecule has 0 saturated carbocycles. The number of para-hydroxylation sites is 1. The highest BCUT2D eigenvalue weighted by Gasteiger charge is 2.33. The summed E-state index contributed by atoms with van der Waals surface area (Å²) in [7, 11) is 0. The van der Waals surface area contributed by atoms with E-state index in [-0.39, 0.29) is 11.9 Å². The largest absolute Gasteiger partial charge is 0.431 e. The number of carbonyl (C=O) groups excluding carboxylic acids is 2. The Morgan fingerprint density at radius 2 is 1.70 bits per heavy atom. The third-order valence-corrected chi connectivity index (χ3v) is 4.34. The van der Waals surface area contributed by atoms with Crippen LogP contribution < -0.4 is 10.6 Å². The number of anilines is 1. The Balaban J connectivity index is 1.51. The highest BCUT2D eigenvalue weighted by atomic mass is 16.6. The van der Waals surface area contributed by atoms with Gasteiger partial charge >= 0.3 is 6.09 Å². The van der Waals surface area contributed by atoms with E-state index in [2.05, 4.69) is 22.8 Å². The average molecular weight is 308 g/mol. The molecule has 0 fully saturated rings. The Labute approximate surface area is 133 Å². The first kappa shape index (κ1) is 13.8. The molecule has 4 rings (SSSR count). The van der Waals surface area contributed by atoms with Gasteiger partial charge in [-0.2, -0.15) is 0 Å². The summed E-state index contributed by atoms with van der Waals surface area (Å²) in [5, 5.41) is 5.62. The molecule has 2 amide bonds. The SMILES string of the molecule is O=C1Nc2ccccc2C(C(=O)NC2Cc3ccccc3C2)O1. The normalized spacial score (nSPS) is 19.3. The molecule has 2 N–H and O–H groups in total. The number of amides is 2. The molecule has 0 radical (unpaired) electrons. The quantitative estimate of drug-likeness (QED) is 0.896. The van der Waals surface area contributed by atoms with E-state index in [1.807, 2.05) is 24.3 Å². The highest BCUT2D eigenvalue weighted by Crippen LogP contribution is 2.31. The number of hydrogen-bond acceptors (Lipinski definition) is 3. The van der Waals surface area contributed by atoms with Crippen molar-refractivity contribution in [2.45, 2.75) is 25.0 Å². The lowest BCUT2D eigenvalue weighted by Gasteiger charge is -2.26. The predicted molar refractivity (Wildman–Crippen MR) is 85.1 cm³/mol. The molecule has 1 atom stereocenters. The number of benzene rings is 2. The van der Waals surface area contributed by atoms with Crippen molar-refractivity contribution in [2.75, 3.05) is 5.32 Å². The third-order valence-electron chi connectivity index (χ3n) is 4.34. The van der Waals surface area contributed by atoms with Crippen molar-refractivity contribution in [2.24, 2.45) is 0 Å². The summed E-state index contributed by atoms with van der Waals surface area (Å²) in [4.78, 5) is 24.2. The van der Waals surface area contributed by atoms with Gasteiger partial charge in [-0.25, -0.2) is 4.79 Å². The second-order valence-electron chi connectivity index (χ2n) is 5.88. The Hall–Kier alpha value is -2.82. The topological polar surface area (TPSA) is 67.4 Å². The van der Waals surface area contributed by atoms with Gasteiger partial charge in [0.25, 0.3) is 5.91 Å². The van der Waals surface area contributed by atoms with E-state index in [0.717, 1.165) is 12.8 Å². The van der Waals surface area contributed by atoms with Gasteiger partial charge in [0.2, 0.25) is 6.10 Å². The van der Waals surface area contributed by atoms with Crippen LogP contribution in [0, 0.1) is 0 Å². The molecule has 0 aromatic heterocycles. The fraction of sp³-hybridized carbons (Fsp3) is 0.222. The van der Waals surface area contributed by atoms with E-state index >= 15 is 0 Å². The predicted octanol–water partition coefficient (Wildman–Crippen LogP) is 2.57. The summed E-state index contributed by atoms with van der Waals surface area (Å²) in [5.41, 5.74) is 3.83. The first-order valence-corrected chi connectivity index (χ1v) is 7.64. The van der Waals surface area contributed by atoms with E-state index in [1.165, 1.54) is 11.1 Å². The second kappa shape index (κ2) is 5.43. The molecule has 23 heavy (non-hydrogen) atoms. The molecular formula is C18H16N2O3. The number of cyclic esters (lactones) is 1. The van der Waals surface area contributed by atoms with Crippen LogP contribution in [0.2, 0.25) is 0 Å². The van der Waals surface area contributed by atoms with Gasteiger partial charge in [0.05, 0.1) is 5.69 Å². The Morgan fingerprint density at radius 3 is 2.43 bits per heavy atom. The molecule has 2 aliphatic rings. The van der Waals surface area contributed by atoms with Crippen LogP contribution in [0.4, 0.5) is 10.5 Å². The number of carbonyl (C=O) groups is 2. The number of nitrogens with one attached hydrogen (secondary N) is 2. The molecule has 2 aromatic carbocycles. The average Bonchev–Trinajstić information content (AvgIpc) is 2.96. The van der Waals surface area contributed by atoms with Crippen molar-refractivity contribution in [3.05, 3.63) is 65.2 Å². The Morgan fingerprint density at radius 1 is 1.04 bits per heavy atom. The van der Waals surface area contributed by atoms with Gasteiger partial charge in [-0.15, -0.1) is 0 Å². The molecule has 1 aliphatic carbocycles. The molecule has 0 saturated heterocycles. The fourth-order valence-electron chi connectivity index (χ4n) is 3.28. The van der Waals surface area contributed by atoms with Crippen molar-refractivity contribution in [1.29, 1.82) is 0 Å². The zero-order valence-electron chi connectivity index (χ0n) is 12.4. The monoisotopic (exact) mass is 308 g/mol. The molecule has 116 valence electrons. The van der Waals surface area contributed by atoms with Crippen LogP contribution >= 0.6 is 0 Å². The van der Waals surface area contributed by atoms with E-state index in [0.29, 0.717) is 11.3 Å². The molecule has 1 heterocycles. The van der Waals surface area contributed by atoms with Crippen molar-refractivity contribution in [3.8, 4) is 0 Å². The highest BCUT2D eigenvalue weighted by molar-refractivity contribution is 5.95. The molecule has 1 aliphatic heterocycles. The summed E-state index contributed by atoms with van der Waals surface area (Å²) in [5.74, 6) is -0.273. The van der Waals surface area contributed by atoms with Crippen molar-refractivity contribution in [3.63, 3.8) is 0 Å². The zero-order chi connectivity index (χ0) is 15.8. The Kier molecular flexibility index (Phi) is 3.26.